The van der Waals surface area contributed by atoms with Crippen LogP contribution in [0.1, 0.15) is 63.4 Å². The molecule has 0 aliphatic carbocycles. The Kier molecular flexibility index (Phi) is 8.13. The van der Waals surface area contributed by atoms with Gasteiger partial charge in [0.25, 0.3) is 0 Å². The Balaban J connectivity index is 2.28. The van der Waals surface area contributed by atoms with Gasteiger partial charge in [0.2, 0.25) is 0 Å². The lowest BCUT2D eigenvalue weighted by Gasteiger charge is -2.15. The topological polar surface area (TPSA) is 68.2 Å². The van der Waals surface area contributed by atoms with Gasteiger partial charge in [0, 0.05) is 25.3 Å². The number of hydrogen-bond donors (Lipinski definition) is 2. The number of hydrogen-bond acceptors (Lipinski definition) is 2. The van der Waals surface area contributed by atoms with Crippen molar-refractivity contribution in [1.29, 1.82) is 0 Å². The van der Waals surface area contributed by atoms with E-state index in [2.05, 4.69) is 50.0 Å². The third-order valence-corrected chi connectivity index (χ3v) is 4.34. The standard InChI is InChI=1S/C18H35N5/c1-13(2)9-7-10-14(3)21-18(19)20-12-8-11-17-15(4)22-23(6)16(17)5/h13-14H,7-12H2,1-6H3,(H3,19,20,21). The van der Waals surface area contributed by atoms with Crippen molar-refractivity contribution in [3.05, 3.63) is 17.0 Å². The van der Waals surface area contributed by atoms with Crippen LogP contribution in [0.4, 0.5) is 0 Å². The van der Waals surface area contributed by atoms with Crippen molar-refractivity contribution in [3.63, 3.8) is 0 Å². The molecule has 1 unspecified atom stereocenters. The number of nitrogens with two attached hydrogens (primary N) is 1. The summed E-state index contributed by atoms with van der Waals surface area (Å²) >= 11 is 0. The second-order valence-corrected chi connectivity index (χ2v) is 7.01. The van der Waals surface area contributed by atoms with Crippen LogP contribution >= 0.6 is 0 Å². The molecule has 1 rings (SSSR count). The Hall–Kier alpha value is -1.52. The fourth-order valence-corrected chi connectivity index (χ4v) is 2.84. The Labute approximate surface area is 141 Å². The van der Waals surface area contributed by atoms with Crippen LogP contribution in [0.25, 0.3) is 0 Å². The zero-order valence-corrected chi connectivity index (χ0v) is 15.8. The Bertz CT molecular complexity index is 502. The first kappa shape index (κ1) is 19.5. The molecule has 0 saturated heterocycles. The number of guanidine groups is 1. The lowest BCUT2D eigenvalue weighted by Crippen LogP contribution is -2.38. The minimum absolute atomic E-state index is 0.389. The maximum Gasteiger partial charge on any atom is 0.188 e. The first-order chi connectivity index (χ1) is 10.8. The Morgan fingerprint density at radius 1 is 1.22 bits per heavy atom. The van der Waals surface area contributed by atoms with Gasteiger partial charge in [-0.05, 0) is 51.5 Å². The molecule has 0 fully saturated rings. The lowest BCUT2D eigenvalue weighted by molar-refractivity contribution is 0.493. The third kappa shape index (κ3) is 7.06. The fraction of sp³-hybridized carbons (Fsp3) is 0.778. The molecule has 23 heavy (non-hydrogen) atoms. The number of nitrogens with one attached hydrogen (secondary N) is 1. The van der Waals surface area contributed by atoms with Gasteiger partial charge in [-0.25, -0.2) is 0 Å². The quantitative estimate of drug-likeness (QED) is 0.417. The van der Waals surface area contributed by atoms with Crippen LogP contribution < -0.4 is 11.1 Å². The summed E-state index contributed by atoms with van der Waals surface area (Å²) in [5.41, 5.74) is 9.69. The second-order valence-electron chi connectivity index (χ2n) is 7.01. The largest absolute Gasteiger partial charge is 0.370 e. The van der Waals surface area contributed by atoms with Gasteiger partial charge in [0.15, 0.2) is 5.96 Å². The van der Waals surface area contributed by atoms with E-state index >= 15 is 0 Å². The summed E-state index contributed by atoms with van der Waals surface area (Å²) < 4.78 is 1.95. The highest BCUT2D eigenvalue weighted by molar-refractivity contribution is 5.78. The van der Waals surface area contributed by atoms with Crippen LogP contribution in [0.3, 0.4) is 0 Å². The fourth-order valence-electron chi connectivity index (χ4n) is 2.84. The molecule has 1 heterocycles. The molecular weight excluding hydrogens is 286 g/mol. The molecule has 1 aromatic rings. The predicted molar refractivity (Wildman–Crippen MR) is 98.8 cm³/mol. The molecule has 0 aromatic carbocycles. The van der Waals surface area contributed by atoms with Gasteiger partial charge >= 0.3 is 0 Å². The van der Waals surface area contributed by atoms with Crippen molar-refractivity contribution >= 4 is 5.96 Å². The molecule has 1 atom stereocenters. The molecule has 0 spiro atoms. The number of nitrogens with zero attached hydrogens (tertiary/aromatic N) is 3. The minimum Gasteiger partial charge on any atom is -0.370 e. The van der Waals surface area contributed by atoms with Crippen LogP contribution in [0.15, 0.2) is 4.99 Å². The average molecular weight is 322 g/mol. The first-order valence-corrected chi connectivity index (χ1v) is 8.86. The number of aromatic nitrogens is 2. The van der Waals surface area contributed by atoms with Gasteiger partial charge in [-0.2, -0.15) is 5.10 Å². The van der Waals surface area contributed by atoms with Crippen LogP contribution in [0, 0.1) is 19.8 Å². The molecule has 0 aliphatic heterocycles. The van der Waals surface area contributed by atoms with Crippen molar-refractivity contribution < 1.29 is 0 Å². The minimum atomic E-state index is 0.389. The molecule has 1 aromatic heterocycles. The molecule has 0 amide bonds. The Morgan fingerprint density at radius 3 is 2.48 bits per heavy atom. The normalized spacial score (nSPS) is 13.6. The van der Waals surface area contributed by atoms with E-state index in [4.69, 9.17) is 5.73 Å². The van der Waals surface area contributed by atoms with Gasteiger partial charge in [0.05, 0.1) is 5.69 Å². The van der Waals surface area contributed by atoms with E-state index in [1.807, 2.05) is 11.7 Å². The van der Waals surface area contributed by atoms with Gasteiger partial charge in [0.1, 0.15) is 0 Å². The highest BCUT2D eigenvalue weighted by atomic mass is 15.3. The predicted octanol–water partition coefficient (Wildman–Crippen LogP) is 3.09. The maximum atomic E-state index is 5.97. The van der Waals surface area contributed by atoms with Crippen LogP contribution in [0.2, 0.25) is 0 Å². The van der Waals surface area contributed by atoms with E-state index in [9.17, 15) is 0 Å². The van der Waals surface area contributed by atoms with Crippen LogP contribution in [0.5, 0.6) is 0 Å². The van der Waals surface area contributed by atoms with E-state index in [0.29, 0.717) is 12.0 Å². The third-order valence-electron chi connectivity index (χ3n) is 4.34. The molecule has 0 aliphatic rings. The van der Waals surface area contributed by atoms with Crippen molar-refractivity contribution in [2.45, 2.75) is 72.8 Å². The second kappa shape index (κ2) is 9.58. The molecule has 132 valence electrons. The molecule has 0 radical (unpaired) electrons. The number of rotatable bonds is 9. The summed E-state index contributed by atoms with van der Waals surface area (Å²) in [6.07, 6.45) is 5.65. The molecule has 0 bridgehead atoms. The summed E-state index contributed by atoms with van der Waals surface area (Å²) in [6, 6.07) is 0.389. The van der Waals surface area contributed by atoms with Crippen molar-refractivity contribution in [2.24, 2.45) is 23.7 Å². The van der Waals surface area contributed by atoms with Gasteiger partial charge in [-0.15, -0.1) is 0 Å². The summed E-state index contributed by atoms with van der Waals surface area (Å²) in [5, 5.41) is 7.74. The summed E-state index contributed by atoms with van der Waals surface area (Å²) in [6.45, 7) is 11.6. The Morgan fingerprint density at radius 2 is 1.91 bits per heavy atom. The van der Waals surface area contributed by atoms with Crippen molar-refractivity contribution in [3.8, 4) is 0 Å². The molecule has 5 nitrogen and oxygen atoms in total. The summed E-state index contributed by atoms with van der Waals surface area (Å²) in [5.74, 6) is 1.34. The highest BCUT2D eigenvalue weighted by Gasteiger charge is 2.08. The van der Waals surface area contributed by atoms with Gasteiger partial charge in [-0.3, -0.25) is 9.67 Å². The van der Waals surface area contributed by atoms with E-state index in [1.165, 1.54) is 24.1 Å². The zero-order valence-electron chi connectivity index (χ0n) is 15.8. The smallest absolute Gasteiger partial charge is 0.188 e. The first-order valence-electron chi connectivity index (χ1n) is 8.86. The molecule has 0 saturated carbocycles. The van der Waals surface area contributed by atoms with Crippen molar-refractivity contribution in [1.82, 2.24) is 15.1 Å². The van der Waals surface area contributed by atoms with Gasteiger partial charge < -0.3 is 11.1 Å². The molecular formula is C18H35N5. The zero-order chi connectivity index (χ0) is 17.4. The summed E-state index contributed by atoms with van der Waals surface area (Å²) in [4.78, 5) is 4.44. The van der Waals surface area contributed by atoms with E-state index < -0.39 is 0 Å². The van der Waals surface area contributed by atoms with E-state index in [-0.39, 0.29) is 0 Å². The maximum absolute atomic E-state index is 5.97. The lowest BCUT2D eigenvalue weighted by atomic mass is 10.0. The van der Waals surface area contributed by atoms with Crippen molar-refractivity contribution in [2.75, 3.05) is 6.54 Å². The van der Waals surface area contributed by atoms with E-state index in [1.54, 1.807) is 0 Å². The van der Waals surface area contributed by atoms with Gasteiger partial charge in [-0.1, -0.05) is 26.7 Å². The molecule has 5 heteroatoms. The van der Waals surface area contributed by atoms with Crippen LogP contribution in [-0.2, 0) is 13.5 Å². The number of aliphatic imine (C=N–C) groups is 1. The van der Waals surface area contributed by atoms with E-state index in [0.717, 1.165) is 37.4 Å². The summed E-state index contributed by atoms with van der Waals surface area (Å²) in [7, 11) is 1.99. The molecule has 3 N–H and O–H groups in total. The average Bonchev–Trinajstić information content (AvgIpc) is 2.68. The number of aryl methyl sites for hydroxylation is 2. The SMILES string of the molecule is Cc1nn(C)c(C)c1CCCN=C(N)NC(C)CCCC(C)C. The van der Waals surface area contributed by atoms with Crippen LogP contribution in [-0.4, -0.2) is 28.3 Å². The monoisotopic (exact) mass is 321 g/mol. The highest BCUT2D eigenvalue weighted by Crippen LogP contribution is 2.14.